The van der Waals surface area contributed by atoms with Gasteiger partial charge in [0.25, 0.3) is 5.91 Å². The van der Waals surface area contributed by atoms with Crippen LogP contribution in [0.1, 0.15) is 40.2 Å². The molecule has 0 radical (unpaired) electrons. The number of benzene rings is 1. The molecule has 1 aromatic carbocycles. The Kier molecular flexibility index (Phi) is 4.63. The van der Waals surface area contributed by atoms with E-state index in [1.807, 2.05) is 45.0 Å². The number of piperidine rings is 1. The standard InChI is InChI=1S/C20H24N2O4/c1-13-5-4-6-16(11-13)22-14(2)12-17(15(22)3)18(23)21-9-7-20(26,8-10-21)19(24)25/h4-6,11-12,26H,7-10H2,1-3H3,(H,24,25). The van der Waals surface area contributed by atoms with E-state index in [0.29, 0.717) is 5.56 Å². The van der Waals surface area contributed by atoms with Crippen LogP contribution >= 0.6 is 0 Å². The molecule has 26 heavy (non-hydrogen) atoms. The van der Waals surface area contributed by atoms with E-state index in [0.717, 1.165) is 22.6 Å². The van der Waals surface area contributed by atoms with Gasteiger partial charge in [0.1, 0.15) is 0 Å². The Bertz CT molecular complexity index is 861. The molecule has 2 aromatic rings. The van der Waals surface area contributed by atoms with Gasteiger partial charge in [-0.25, -0.2) is 4.79 Å². The molecule has 3 rings (SSSR count). The molecule has 0 unspecified atom stereocenters. The number of aromatic nitrogens is 1. The molecule has 1 amide bonds. The third-order valence-electron chi connectivity index (χ3n) is 5.20. The highest BCUT2D eigenvalue weighted by Gasteiger charge is 2.40. The summed E-state index contributed by atoms with van der Waals surface area (Å²) in [4.78, 5) is 25.7. The summed E-state index contributed by atoms with van der Waals surface area (Å²) in [7, 11) is 0. The fourth-order valence-electron chi connectivity index (χ4n) is 3.61. The lowest BCUT2D eigenvalue weighted by Gasteiger charge is -2.35. The van der Waals surface area contributed by atoms with E-state index in [-0.39, 0.29) is 31.8 Å². The molecule has 6 nitrogen and oxygen atoms in total. The molecule has 138 valence electrons. The van der Waals surface area contributed by atoms with Gasteiger partial charge in [-0.1, -0.05) is 12.1 Å². The molecule has 0 atom stereocenters. The fourth-order valence-corrected chi connectivity index (χ4v) is 3.61. The number of nitrogens with zero attached hydrogens (tertiary/aromatic N) is 2. The van der Waals surface area contributed by atoms with E-state index >= 15 is 0 Å². The van der Waals surface area contributed by atoms with Crippen LogP contribution in [-0.4, -0.2) is 50.2 Å². The van der Waals surface area contributed by atoms with Crippen LogP contribution in [0.2, 0.25) is 0 Å². The summed E-state index contributed by atoms with van der Waals surface area (Å²) >= 11 is 0. The number of aryl methyl sites for hydroxylation is 2. The number of hydrogen-bond acceptors (Lipinski definition) is 3. The van der Waals surface area contributed by atoms with Crippen molar-refractivity contribution in [3.8, 4) is 5.69 Å². The van der Waals surface area contributed by atoms with Gasteiger partial charge in [0, 0.05) is 43.0 Å². The van der Waals surface area contributed by atoms with E-state index in [1.54, 1.807) is 4.90 Å². The zero-order valence-corrected chi connectivity index (χ0v) is 15.3. The number of rotatable bonds is 3. The maximum Gasteiger partial charge on any atom is 0.335 e. The van der Waals surface area contributed by atoms with Crippen LogP contribution in [0.3, 0.4) is 0 Å². The van der Waals surface area contributed by atoms with Crippen molar-refractivity contribution >= 4 is 11.9 Å². The van der Waals surface area contributed by atoms with Crippen molar-refractivity contribution in [1.82, 2.24) is 9.47 Å². The number of carbonyl (C=O) groups is 2. The Morgan fingerprint density at radius 1 is 1.08 bits per heavy atom. The summed E-state index contributed by atoms with van der Waals surface area (Å²) in [5.41, 5.74) is 2.87. The van der Waals surface area contributed by atoms with Crippen LogP contribution in [0.4, 0.5) is 0 Å². The van der Waals surface area contributed by atoms with E-state index in [2.05, 4.69) is 10.6 Å². The van der Waals surface area contributed by atoms with Crippen LogP contribution in [0.25, 0.3) is 5.69 Å². The minimum atomic E-state index is -1.73. The number of amides is 1. The predicted molar refractivity (Wildman–Crippen MR) is 97.7 cm³/mol. The summed E-state index contributed by atoms with van der Waals surface area (Å²) in [5.74, 6) is -1.34. The molecule has 0 saturated carbocycles. The summed E-state index contributed by atoms with van der Waals surface area (Å²) in [6.07, 6.45) is 0.0926. The molecule has 2 heterocycles. The van der Waals surface area contributed by atoms with Gasteiger partial charge in [-0.3, -0.25) is 4.79 Å². The maximum absolute atomic E-state index is 12.9. The number of carboxylic acids is 1. The van der Waals surface area contributed by atoms with Crippen molar-refractivity contribution in [3.63, 3.8) is 0 Å². The zero-order valence-electron chi connectivity index (χ0n) is 15.3. The van der Waals surface area contributed by atoms with Gasteiger partial charge in [0.05, 0.1) is 5.56 Å². The number of hydrogen-bond donors (Lipinski definition) is 2. The van der Waals surface area contributed by atoms with Crippen molar-refractivity contribution in [2.24, 2.45) is 0 Å². The second-order valence-electron chi connectivity index (χ2n) is 7.09. The Balaban J connectivity index is 1.86. The second kappa shape index (κ2) is 6.61. The third kappa shape index (κ3) is 3.12. The Morgan fingerprint density at radius 3 is 2.31 bits per heavy atom. The molecule has 1 aliphatic heterocycles. The predicted octanol–water partition coefficient (Wildman–Crippen LogP) is 2.45. The Labute approximate surface area is 152 Å². The molecule has 6 heteroatoms. The molecule has 1 aliphatic rings. The van der Waals surface area contributed by atoms with Crippen molar-refractivity contribution in [3.05, 3.63) is 52.8 Å². The smallest absolute Gasteiger partial charge is 0.335 e. The molecular weight excluding hydrogens is 332 g/mol. The molecule has 1 fully saturated rings. The van der Waals surface area contributed by atoms with Gasteiger partial charge >= 0.3 is 5.97 Å². The Morgan fingerprint density at radius 2 is 1.73 bits per heavy atom. The summed E-state index contributed by atoms with van der Waals surface area (Å²) < 4.78 is 2.05. The number of aliphatic carboxylic acids is 1. The van der Waals surface area contributed by atoms with Crippen LogP contribution < -0.4 is 0 Å². The summed E-state index contributed by atoms with van der Waals surface area (Å²) in [6, 6.07) is 9.97. The molecule has 0 bridgehead atoms. The van der Waals surface area contributed by atoms with Crippen molar-refractivity contribution in [2.75, 3.05) is 13.1 Å². The van der Waals surface area contributed by atoms with E-state index in [9.17, 15) is 14.7 Å². The highest BCUT2D eigenvalue weighted by atomic mass is 16.4. The lowest BCUT2D eigenvalue weighted by molar-refractivity contribution is -0.162. The largest absolute Gasteiger partial charge is 0.479 e. The fraction of sp³-hybridized carbons (Fsp3) is 0.400. The first-order chi connectivity index (χ1) is 12.2. The lowest BCUT2D eigenvalue weighted by atomic mass is 9.91. The zero-order chi connectivity index (χ0) is 19.1. The Hall–Kier alpha value is -2.60. The monoisotopic (exact) mass is 356 g/mol. The molecule has 1 saturated heterocycles. The van der Waals surface area contributed by atoms with Crippen LogP contribution in [-0.2, 0) is 4.79 Å². The number of likely N-dealkylation sites (tertiary alicyclic amines) is 1. The summed E-state index contributed by atoms with van der Waals surface area (Å²) in [5, 5.41) is 19.2. The number of carbonyl (C=O) groups excluding carboxylic acids is 1. The number of carboxylic acid groups (broad SMARTS) is 1. The first-order valence-corrected chi connectivity index (χ1v) is 8.74. The third-order valence-corrected chi connectivity index (χ3v) is 5.20. The van der Waals surface area contributed by atoms with E-state index in [1.165, 1.54) is 0 Å². The molecular formula is C20H24N2O4. The van der Waals surface area contributed by atoms with Crippen LogP contribution in [0, 0.1) is 20.8 Å². The first kappa shape index (κ1) is 18.2. The average molecular weight is 356 g/mol. The first-order valence-electron chi connectivity index (χ1n) is 8.74. The van der Waals surface area contributed by atoms with Gasteiger partial charge in [0.2, 0.25) is 0 Å². The highest BCUT2D eigenvalue weighted by Crippen LogP contribution is 2.26. The van der Waals surface area contributed by atoms with Gasteiger partial charge < -0.3 is 19.7 Å². The van der Waals surface area contributed by atoms with Crippen molar-refractivity contribution < 1.29 is 19.8 Å². The van der Waals surface area contributed by atoms with Crippen LogP contribution in [0.15, 0.2) is 30.3 Å². The van der Waals surface area contributed by atoms with E-state index in [4.69, 9.17) is 5.11 Å². The number of aliphatic hydroxyl groups is 1. The van der Waals surface area contributed by atoms with Crippen molar-refractivity contribution in [2.45, 2.75) is 39.2 Å². The second-order valence-corrected chi connectivity index (χ2v) is 7.09. The average Bonchev–Trinajstić information content (AvgIpc) is 2.89. The van der Waals surface area contributed by atoms with E-state index < -0.39 is 11.6 Å². The lowest BCUT2D eigenvalue weighted by Crippen LogP contribution is -2.50. The minimum Gasteiger partial charge on any atom is -0.479 e. The van der Waals surface area contributed by atoms with Gasteiger partial charge in [-0.05, 0) is 44.5 Å². The molecule has 0 spiro atoms. The quantitative estimate of drug-likeness (QED) is 0.885. The molecule has 2 N–H and O–H groups in total. The topological polar surface area (TPSA) is 82.8 Å². The molecule has 0 aliphatic carbocycles. The van der Waals surface area contributed by atoms with Crippen molar-refractivity contribution in [1.29, 1.82) is 0 Å². The SMILES string of the molecule is Cc1cccc(-n2c(C)cc(C(=O)N3CCC(O)(C(=O)O)CC3)c2C)c1. The van der Waals surface area contributed by atoms with Gasteiger partial charge in [0.15, 0.2) is 5.60 Å². The maximum atomic E-state index is 12.9. The molecule has 1 aromatic heterocycles. The van der Waals surface area contributed by atoms with Gasteiger partial charge in [-0.15, -0.1) is 0 Å². The minimum absolute atomic E-state index is 0.0463. The van der Waals surface area contributed by atoms with Crippen LogP contribution in [0.5, 0.6) is 0 Å². The highest BCUT2D eigenvalue weighted by molar-refractivity contribution is 5.96. The van der Waals surface area contributed by atoms with Gasteiger partial charge in [-0.2, -0.15) is 0 Å². The summed E-state index contributed by atoms with van der Waals surface area (Å²) in [6.45, 7) is 6.37. The normalized spacial score (nSPS) is 16.5.